The first kappa shape index (κ1) is 13.5. The molecule has 0 heterocycles. The van der Waals surface area contributed by atoms with Crippen molar-refractivity contribution in [3.05, 3.63) is 48.0 Å². The molecule has 2 aromatic carbocycles. The minimum absolute atomic E-state index is 0.0120. The van der Waals surface area contributed by atoms with Crippen LogP contribution in [0.25, 0.3) is 10.8 Å². The Morgan fingerprint density at radius 2 is 1.89 bits per heavy atom. The lowest BCUT2D eigenvalue weighted by atomic mass is 10.0. The van der Waals surface area contributed by atoms with Gasteiger partial charge in [-0.25, -0.2) is 4.79 Å². The van der Waals surface area contributed by atoms with Crippen molar-refractivity contribution in [2.24, 2.45) is 0 Å². The number of hydrogen-bond donors (Lipinski definition) is 2. The van der Waals surface area contributed by atoms with Gasteiger partial charge in [-0.1, -0.05) is 42.5 Å². The molecule has 1 atom stereocenters. The fraction of sp³-hybridized carbons (Fsp3) is 0.267. The maximum absolute atomic E-state index is 11.4. The van der Waals surface area contributed by atoms with E-state index in [1.54, 1.807) is 6.07 Å². The van der Waals surface area contributed by atoms with Gasteiger partial charge in [-0.15, -0.1) is 0 Å². The van der Waals surface area contributed by atoms with E-state index in [2.05, 4.69) is 0 Å². The summed E-state index contributed by atoms with van der Waals surface area (Å²) in [6, 6.07) is 13.1. The van der Waals surface area contributed by atoms with Crippen molar-refractivity contribution in [3.63, 3.8) is 0 Å². The molecule has 0 spiro atoms. The second-order valence-corrected chi connectivity index (χ2v) is 4.23. The minimum atomic E-state index is -1.02. The zero-order chi connectivity index (χ0) is 13.7. The SMILES string of the molecule is O=C(O)C(OCCCO)c1cccc2ccccc12. The Hall–Kier alpha value is -1.91. The molecule has 100 valence electrons. The highest BCUT2D eigenvalue weighted by Gasteiger charge is 2.22. The maximum atomic E-state index is 11.4. The highest BCUT2D eigenvalue weighted by molar-refractivity contribution is 5.90. The second kappa shape index (κ2) is 6.31. The molecule has 0 aromatic heterocycles. The molecular weight excluding hydrogens is 244 g/mol. The summed E-state index contributed by atoms with van der Waals surface area (Å²) in [6.45, 7) is 0.207. The molecule has 0 bridgehead atoms. The number of carbonyl (C=O) groups is 1. The van der Waals surface area contributed by atoms with Crippen LogP contribution in [-0.2, 0) is 9.53 Å². The van der Waals surface area contributed by atoms with Crippen LogP contribution in [0.15, 0.2) is 42.5 Å². The van der Waals surface area contributed by atoms with Crippen LogP contribution in [0, 0.1) is 0 Å². The largest absolute Gasteiger partial charge is 0.479 e. The third kappa shape index (κ3) is 3.10. The number of ether oxygens (including phenoxy) is 1. The van der Waals surface area contributed by atoms with Crippen molar-refractivity contribution in [1.82, 2.24) is 0 Å². The molecular formula is C15H16O4. The van der Waals surface area contributed by atoms with E-state index in [-0.39, 0.29) is 13.2 Å². The standard InChI is InChI=1S/C15H16O4/c16-9-4-10-19-14(15(17)18)13-8-3-6-11-5-1-2-7-12(11)13/h1-3,5-8,14,16H,4,9-10H2,(H,17,18). The molecule has 2 aromatic rings. The Morgan fingerprint density at radius 3 is 2.63 bits per heavy atom. The molecule has 0 aliphatic carbocycles. The first-order valence-corrected chi connectivity index (χ1v) is 6.17. The highest BCUT2D eigenvalue weighted by Crippen LogP contribution is 2.27. The van der Waals surface area contributed by atoms with E-state index in [0.717, 1.165) is 10.8 Å². The van der Waals surface area contributed by atoms with Gasteiger partial charge in [0.2, 0.25) is 0 Å². The summed E-state index contributed by atoms with van der Waals surface area (Å²) < 4.78 is 5.38. The zero-order valence-corrected chi connectivity index (χ0v) is 10.5. The van der Waals surface area contributed by atoms with Crippen LogP contribution in [0.5, 0.6) is 0 Å². The van der Waals surface area contributed by atoms with Gasteiger partial charge in [0.1, 0.15) is 0 Å². The Balaban J connectivity index is 2.36. The average molecular weight is 260 g/mol. The van der Waals surface area contributed by atoms with Crippen LogP contribution in [0.1, 0.15) is 18.1 Å². The number of benzene rings is 2. The van der Waals surface area contributed by atoms with Crippen molar-refractivity contribution < 1.29 is 19.7 Å². The molecule has 2 rings (SSSR count). The van der Waals surface area contributed by atoms with E-state index in [4.69, 9.17) is 9.84 Å². The van der Waals surface area contributed by atoms with Crippen molar-refractivity contribution in [2.45, 2.75) is 12.5 Å². The van der Waals surface area contributed by atoms with Crippen molar-refractivity contribution >= 4 is 16.7 Å². The summed E-state index contributed by atoms with van der Waals surface area (Å²) in [5, 5.41) is 19.9. The fourth-order valence-corrected chi connectivity index (χ4v) is 2.04. The van der Waals surface area contributed by atoms with Gasteiger partial charge in [0, 0.05) is 6.61 Å². The van der Waals surface area contributed by atoms with Crippen LogP contribution in [0.2, 0.25) is 0 Å². The monoisotopic (exact) mass is 260 g/mol. The topological polar surface area (TPSA) is 66.8 Å². The van der Waals surface area contributed by atoms with Gasteiger partial charge in [-0.3, -0.25) is 0 Å². The lowest BCUT2D eigenvalue weighted by Gasteiger charge is -2.16. The molecule has 0 radical (unpaired) electrons. The van der Waals surface area contributed by atoms with E-state index in [0.29, 0.717) is 12.0 Å². The number of aliphatic carboxylic acids is 1. The minimum Gasteiger partial charge on any atom is -0.479 e. The molecule has 4 nitrogen and oxygen atoms in total. The van der Waals surface area contributed by atoms with E-state index in [1.807, 2.05) is 36.4 Å². The van der Waals surface area contributed by atoms with Crippen molar-refractivity contribution in [1.29, 1.82) is 0 Å². The van der Waals surface area contributed by atoms with Crippen molar-refractivity contribution in [2.75, 3.05) is 13.2 Å². The summed E-state index contributed by atoms with van der Waals surface area (Å²) >= 11 is 0. The first-order chi connectivity index (χ1) is 9.24. The molecule has 0 aliphatic rings. The molecule has 0 saturated heterocycles. The quantitative estimate of drug-likeness (QED) is 0.782. The highest BCUT2D eigenvalue weighted by atomic mass is 16.5. The Bertz CT molecular complexity index is 560. The van der Waals surface area contributed by atoms with E-state index in [1.165, 1.54) is 0 Å². The molecule has 0 aliphatic heterocycles. The zero-order valence-electron chi connectivity index (χ0n) is 10.5. The van der Waals surface area contributed by atoms with Gasteiger partial charge in [0.25, 0.3) is 0 Å². The third-order valence-electron chi connectivity index (χ3n) is 2.92. The van der Waals surface area contributed by atoms with Crippen molar-refractivity contribution in [3.8, 4) is 0 Å². The molecule has 0 fully saturated rings. The third-order valence-corrected chi connectivity index (χ3v) is 2.92. The number of carboxylic acids is 1. The van der Waals surface area contributed by atoms with Crippen LogP contribution < -0.4 is 0 Å². The fourth-order valence-electron chi connectivity index (χ4n) is 2.04. The molecule has 1 unspecified atom stereocenters. The molecule has 4 heteroatoms. The van der Waals surface area contributed by atoms with E-state index >= 15 is 0 Å². The normalized spacial score (nSPS) is 12.5. The van der Waals surface area contributed by atoms with Crippen LogP contribution in [0.4, 0.5) is 0 Å². The Labute approximate surface area is 111 Å². The van der Waals surface area contributed by atoms with E-state index in [9.17, 15) is 9.90 Å². The summed E-state index contributed by atoms with van der Waals surface area (Å²) in [4.78, 5) is 11.4. The average Bonchev–Trinajstić information content (AvgIpc) is 2.43. The Morgan fingerprint density at radius 1 is 1.16 bits per heavy atom. The lowest BCUT2D eigenvalue weighted by molar-refractivity contribution is -0.151. The smallest absolute Gasteiger partial charge is 0.337 e. The summed E-state index contributed by atoms with van der Waals surface area (Å²) in [7, 11) is 0. The van der Waals surface area contributed by atoms with Crippen LogP contribution >= 0.6 is 0 Å². The first-order valence-electron chi connectivity index (χ1n) is 6.17. The molecule has 2 N–H and O–H groups in total. The predicted molar refractivity (Wildman–Crippen MR) is 72.0 cm³/mol. The summed E-state index contributed by atoms with van der Waals surface area (Å²) in [6.07, 6.45) is -0.577. The molecule has 0 amide bonds. The van der Waals surface area contributed by atoms with Gasteiger partial charge < -0.3 is 14.9 Å². The van der Waals surface area contributed by atoms with E-state index < -0.39 is 12.1 Å². The predicted octanol–water partition coefficient (Wildman–Crippen LogP) is 2.36. The number of hydrogen-bond acceptors (Lipinski definition) is 3. The van der Waals surface area contributed by atoms with Crippen LogP contribution in [0.3, 0.4) is 0 Å². The van der Waals surface area contributed by atoms with Gasteiger partial charge in [0.05, 0.1) is 6.61 Å². The Kier molecular flexibility index (Phi) is 4.49. The number of aliphatic hydroxyl groups is 1. The number of rotatable bonds is 6. The maximum Gasteiger partial charge on any atom is 0.337 e. The van der Waals surface area contributed by atoms with Crippen LogP contribution in [-0.4, -0.2) is 29.4 Å². The number of aliphatic hydroxyl groups excluding tert-OH is 1. The van der Waals surface area contributed by atoms with Gasteiger partial charge in [0.15, 0.2) is 6.10 Å². The number of carboxylic acid groups (broad SMARTS) is 1. The number of fused-ring (bicyclic) bond motifs is 1. The lowest BCUT2D eigenvalue weighted by Crippen LogP contribution is -2.16. The van der Waals surface area contributed by atoms with Gasteiger partial charge in [-0.05, 0) is 22.8 Å². The summed E-state index contributed by atoms with van der Waals surface area (Å²) in [5.74, 6) is -1.02. The molecule has 0 saturated carbocycles. The summed E-state index contributed by atoms with van der Waals surface area (Å²) in [5.41, 5.74) is 0.642. The molecule has 19 heavy (non-hydrogen) atoms. The second-order valence-electron chi connectivity index (χ2n) is 4.23. The van der Waals surface area contributed by atoms with Gasteiger partial charge >= 0.3 is 5.97 Å². The van der Waals surface area contributed by atoms with Gasteiger partial charge in [-0.2, -0.15) is 0 Å².